The minimum absolute atomic E-state index is 0.251. The van der Waals surface area contributed by atoms with Gasteiger partial charge in [-0.25, -0.2) is 9.59 Å². The molecule has 2 saturated heterocycles. The van der Waals surface area contributed by atoms with Gasteiger partial charge >= 0.3 is 12.1 Å². The highest BCUT2D eigenvalue weighted by atomic mass is 16.5. The van der Waals surface area contributed by atoms with Crippen LogP contribution in [-0.2, 0) is 11.3 Å². The Labute approximate surface area is 184 Å². The van der Waals surface area contributed by atoms with Gasteiger partial charge in [0, 0.05) is 12.1 Å². The summed E-state index contributed by atoms with van der Waals surface area (Å²) in [7, 11) is 1.56. The number of nitrogens with zero attached hydrogens (tertiary/aromatic N) is 1. The van der Waals surface area contributed by atoms with Crippen LogP contribution in [0.5, 0.6) is 5.75 Å². The molecular weight excluding hydrogens is 408 g/mol. The summed E-state index contributed by atoms with van der Waals surface area (Å²) in [6.45, 7) is 0.251. The third-order valence-electron chi connectivity index (χ3n) is 6.05. The van der Waals surface area contributed by atoms with Gasteiger partial charge in [-0.15, -0.1) is 0 Å². The van der Waals surface area contributed by atoms with E-state index >= 15 is 0 Å². The number of benzene rings is 3. The second kappa shape index (κ2) is 7.88. The molecule has 3 aromatic carbocycles. The van der Waals surface area contributed by atoms with E-state index in [-0.39, 0.29) is 6.54 Å². The fourth-order valence-electron chi connectivity index (χ4n) is 4.61. The van der Waals surface area contributed by atoms with Gasteiger partial charge in [-0.3, -0.25) is 15.0 Å². The summed E-state index contributed by atoms with van der Waals surface area (Å²) < 4.78 is 5.62. The zero-order chi connectivity index (χ0) is 22.2. The molecule has 32 heavy (non-hydrogen) atoms. The van der Waals surface area contributed by atoms with E-state index in [1.807, 2.05) is 66.7 Å². The van der Waals surface area contributed by atoms with Gasteiger partial charge < -0.3 is 15.4 Å². The number of carbonyl (C=O) groups excluding carboxylic acids is 3. The Morgan fingerprint density at radius 3 is 2.44 bits per heavy atom. The van der Waals surface area contributed by atoms with Gasteiger partial charge in [-0.05, 0) is 22.4 Å². The minimum Gasteiger partial charge on any atom is -0.496 e. The molecule has 0 radical (unpaired) electrons. The van der Waals surface area contributed by atoms with Crippen LogP contribution in [0.2, 0.25) is 0 Å². The maximum Gasteiger partial charge on any atom is 0.326 e. The third kappa shape index (κ3) is 3.30. The predicted octanol–water partition coefficient (Wildman–Crippen LogP) is 2.90. The molecule has 2 fully saturated rings. The first-order valence-electron chi connectivity index (χ1n) is 10.3. The summed E-state index contributed by atoms with van der Waals surface area (Å²) in [4.78, 5) is 40.0. The van der Waals surface area contributed by atoms with Gasteiger partial charge in [0.05, 0.1) is 13.2 Å². The average molecular weight is 430 g/mol. The van der Waals surface area contributed by atoms with Crippen molar-refractivity contribution in [2.24, 2.45) is 5.92 Å². The number of imide groups is 1. The van der Waals surface area contributed by atoms with Crippen LogP contribution < -0.4 is 20.7 Å². The lowest BCUT2D eigenvalue weighted by Crippen LogP contribution is -2.71. The number of rotatable bonds is 4. The van der Waals surface area contributed by atoms with Gasteiger partial charge in [0.25, 0.3) is 0 Å². The SMILES string of the molecule is COc1ccc2ccccc2c1C1NC(=O)NC2C1C(=O)NC(=O)N2Cc1ccccc1. The zero-order valence-corrected chi connectivity index (χ0v) is 17.4. The summed E-state index contributed by atoms with van der Waals surface area (Å²) in [6, 6.07) is 19.2. The molecule has 162 valence electrons. The van der Waals surface area contributed by atoms with E-state index in [1.165, 1.54) is 4.90 Å². The second-order valence-electron chi connectivity index (χ2n) is 7.88. The van der Waals surface area contributed by atoms with Crippen LogP contribution in [0, 0.1) is 5.92 Å². The highest BCUT2D eigenvalue weighted by Crippen LogP contribution is 2.40. The van der Waals surface area contributed by atoms with Crippen molar-refractivity contribution >= 4 is 28.7 Å². The van der Waals surface area contributed by atoms with Gasteiger partial charge in [0.1, 0.15) is 17.8 Å². The molecule has 0 saturated carbocycles. The molecule has 3 aromatic rings. The van der Waals surface area contributed by atoms with Crippen LogP contribution in [0.4, 0.5) is 9.59 Å². The third-order valence-corrected chi connectivity index (χ3v) is 6.05. The minimum atomic E-state index is -0.807. The number of hydrogen-bond donors (Lipinski definition) is 3. The van der Waals surface area contributed by atoms with Crippen LogP contribution in [-0.4, -0.2) is 36.1 Å². The van der Waals surface area contributed by atoms with Crippen LogP contribution in [0.15, 0.2) is 66.7 Å². The first kappa shape index (κ1) is 19.9. The number of nitrogens with one attached hydrogen (secondary N) is 3. The lowest BCUT2D eigenvalue weighted by molar-refractivity contribution is -0.130. The maximum atomic E-state index is 13.1. The lowest BCUT2D eigenvalue weighted by atomic mass is 9.83. The van der Waals surface area contributed by atoms with Crippen LogP contribution >= 0.6 is 0 Å². The number of fused-ring (bicyclic) bond motifs is 2. The van der Waals surface area contributed by atoms with Crippen molar-refractivity contribution in [2.45, 2.75) is 18.8 Å². The van der Waals surface area contributed by atoms with Crippen molar-refractivity contribution in [2.75, 3.05) is 7.11 Å². The monoisotopic (exact) mass is 430 g/mol. The highest BCUT2D eigenvalue weighted by Gasteiger charge is 2.50. The molecule has 3 unspecified atom stereocenters. The quantitative estimate of drug-likeness (QED) is 0.593. The topological polar surface area (TPSA) is 99.8 Å². The van der Waals surface area contributed by atoms with Gasteiger partial charge in [-0.1, -0.05) is 60.7 Å². The van der Waals surface area contributed by atoms with Crippen molar-refractivity contribution < 1.29 is 19.1 Å². The van der Waals surface area contributed by atoms with Crippen molar-refractivity contribution in [3.8, 4) is 5.75 Å². The van der Waals surface area contributed by atoms with Crippen LogP contribution in [0.25, 0.3) is 10.8 Å². The molecule has 2 heterocycles. The van der Waals surface area contributed by atoms with Crippen LogP contribution in [0.3, 0.4) is 0 Å². The molecule has 3 atom stereocenters. The van der Waals surface area contributed by atoms with E-state index in [1.54, 1.807) is 7.11 Å². The Bertz CT molecular complexity index is 1210. The van der Waals surface area contributed by atoms with Crippen molar-refractivity contribution in [1.29, 1.82) is 0 Å². The standard InChI is InChI=1S/C24H22N4O4/c1-32-17-12-11-15-9-5-6-10-16(15)18(17)20-19-21(26-23(30)25-20)28(24(31)27-22(19)29)13-14-7-3-2-4-8-14/h2-12,19-21H,13H2,1H3,(H2,25,26,30)(H,27,29,31). The van der Waals surface area contributed by atoms with E-state index in [0.29, 0.717) is 11.3 Å². The first-order chi connectivity index (χ1) is 15.6. The normalized spacial score (nSPS) is 22.6. The summed E-state index contributed by atoms with van der Waals surface area (Å²) >= 11 is 0. The summed E-state index contributed by atoms with van der Waals surface area (Å²) in [5.74, 6) is -0.639. The van der Waals surface area contributed by atoms with E-state index in [9.17, 15) is 14.4 Å². The lowest BCUT2D eigenvalue weighted by Gasteiger charge is -2.46. The molecule has 5 rings (SSSR count). The van der Waals surface area contributed by atoms with E-state index in [2.05, 4.69) is 16.0 Å². The van der Waals surface area contributed by atoms with E-state index < -0.39 is 36.1 Å². The molecule has 0 bridgehead atoms. The van der Waals surface area contributed by atoms with Gasteiger partial charge in [0.15, 0.2) is 0 Å². The molecule has 0 aliphatic carbocycles. The second-order valence-corrected chi connectivity index (χ2v) is 7.88. The van der Waals surface area contributed by atoms with Gasteiger partial charge in [-0.2, -0.15) is 0 Å². The number of hydrogen-bond acceptors (Lipinski definition) is 4. The maximum absolute atomic E-state index is 13.1. The zero-order valence-electron chi connectivity index (χ0n) is 17.4. The smallest absolute Gasteiger partial charge is 0.326 e. The number of methoxy groups -OCH3 is 1. The summed E-state index contributed by atoms with van der Waals surface area (Å²) in [5.41, 5.74) is 1.60. The van der Waals surface area contributed by atoms with Crippen molar-refractivity contribution in [3.05, 3.63) is 77.9 Å². The fourth-order valence-corrected chi connectivity index (χ4v) is 4.61. The highest BCUT2D eigenvalue weighted by molar-refractivity contribution is 6.01. The van der Waals surface area contributed by atoms with Crippen LogP contribution in [0.1, 0.15) is 17.2 Å². The molecule has 8 heteroatoms. The average Bonchev–Trinajstić information content (AvgIpc) is 2.81. The van der Waals surface area contributed by atoms with Gasteiger partial charge in [0.2, 0.25) is 5.91 Å². The molecule has 8 nitrogen and oxygen atoms in total. The number of amides is 5. The Balaban J connectivity index is 1.61. The fraction of sp³-hybridized carbons (Fsp3) is 0.208. The number of urea groups is 2. The Kier molecular flexibility index (Phi) is 4.89. The largest absolute Gasteiger partial charge is 0.496 e. The summed E-state index contributed by atoms with van der Waals surface area (Å²) in [5, 5.41) is 9.98. The molecule has 0 aromatic heterocycles. The van der Waals surface area contributed by atoms with Crippen molar-refractivity contribution in [1.82, 2.24) is 20.9 Å². The Hall–Kier alpha value is -4.07. The number of ether oxygens (including phenoxy) is 1. The Morgan fingerprint density at radius 2 is 1.66 bits per heavy atom. The molecule has 2 aliphatic heterocycles. The first-order valence-corrected chi connectivity index (χ1v) is 10.3. The van der Waals surface area contributed by atoms with E-state index in [4.69, 9.17) is 4.74 Å². The van der Waals surface area contributed by atoms with E-state index in [0.717, 1.165) is 16.3 Å². The molecule has 3 N–H and O–H groups in total. The predicted molar refractivity (Wildman–Crippen MR) is 118 cm³/mol. The van der Waals surface area contributed by atoms with Crippen molar-refractivity contribution in [3.63, 3.8) is 0 Å². The number of carbonyl (C=O) groups is 3. The molecule has 5 amide bonds. The molecular formula is C24H22N4O4. The summed E-state index contributed by atoms with van der Waals surface area (Å²) in [6.07, 6.45) is -0.807. The Morgan fingerprint density at radius 1 is 0.906 bits per heavy atom. The molecule has 0 spiro atoms. The molecule has 2 aliphatic rings.